The molecular weight excluding hydrogens is 574 g/mol. The average molecular weight is 620 g/mol. The fraction of sp³-hybridized carbons (Fsp3) is 0.429. The molecule has 1 aliphatic carbocycles. The Balaban J connectivity index is 1.73. The number of rotatable bonds is 12. The van der Waals surface area contributed by atoms with Crippen molar-refractivity contribution in [3.05, 3.63) is 89.0 Å². The Bertz CT molecular complexity index is 1530. The Hall–Kier alpha value is -3.85. The monoisotopic (exact) mass is 619 g/mol. The quantitative estimate of drug-likeness (QED) is 0.266. The minimum atomic E-state index is -4.12. The lowest BCUT2D eigenvalue weighted by molar-refractivity contribution is -0.140. The number of hydrogen-bond acceptors (Lipinski definition) is 5. The van der Waals surface area contributed by atoms with Gasteiger partial charge < -0.3 is 15.0 Å². The maximum atomic E-state index is 14.4. The van der Waals surface area contributed by atoms with E-state index < -0.39 is 28.5 Å². The zero-order valence-electron chi connectivity index (χ0n) is 26.5. The first kappa shape index (κ1) is 33.1. The Labute approximate surface area is 262 Å². The standard InChI is InChI=1S/C35H45N3O5S/c1-6-32(35(40)36-29-10-8-7-9-11-29)37(23-28-15-17-30(43-5)18-16-28)34(39)24-38(33-21-14-26(3)22-27(33)4)44(41,42)31-19-12-25(2)13-20-31/h12-22,29,32H,6-11,23-24H2,1-5H3,(H,36,40)/t32-/m0/s1. The van der Waals surface area contributed by atoms with Crippen molar-refractivity contribution in [2.24, 2.45) is 0 Å². The summed E-state index contributed by atoms with van der Waals surface area (Å²) in [6.07, 6.45) is 5.52. The van der Waals surface area contributed by atoms with Crippen LogP contribution >= 0.6 is 0 Å². The van der Waals surface area contributed by atoms with E-state index in [9.17, 15) is 18.0 Å². The number of sulfonamides is 1. The van der Waals surface area contributed by atoms with Crippen molar-refractivity contribution in [3.8, 4) is 5.75 Å². The molecule has 1 fully saturated rings. The van der Waals surface area contributed by atoms with Crippen LogP contribution in [0.1, 0.15) is 67.7 Å². The molecule has 0 aliphatic heterocycles. The third-order valence-electron chi connectivity index (χ3n) is 8.36. The van der Waals surface area contributed by atoms with Crippen LogP contribution in [-0.4, -0.2) is 50.9 Å². The third kappa shape index (κ3) is 8.00. The van der Waals surface area contributed by atoms with Crippen molar-refractivity contribution < 1.29 is 22.7 Å². The van der Waals surface area contributed by atoms with Crippen molar-refractivity contribution in [2.45, 2.75) is 89.7 Å². The second kappa shape index (κ2) is 14.8. The number of carbonyl (C=O) groups excluding carboxylic acids is 2. The molecular formula is C35H45N3O5S. The Kier molecular flexibility index (Phi) is 11.1. The van der Waals surface area contributed by atoms with E-state index in [1.807, 2.05) is 64.1 Å². The number of carbonyl (C=O) groups is 2. The van der Waals surface area contributed by atoms with E-state index in [1.54, 1.807) is 37.4 Å². The number of amides is 2. The lowest BCUT2D eigenvalue weighted by Crippen LogP contribution is -2.54. The summed E-state index contributed by atoms with van der Waals surface area (Å²) in [5.41, 5.74) is 3.88. The Morgan fingerprint density at radius 2 is 1.55 bits per heavy atom. The molecule has 1 atom stereocenters. The smallest absolute Gasteiger partial charge is 0.264 e. The molecule has 8 nitrogen and oxygen atoms in total. The molecule has 2 amide bonds. The fourth-order valence-corrected chi connectivity index (χ4v) is 7.31. The van der Waals surface area contributed by atoms with E-state index in [4.69, 9.17) is 4.74 Å². The molecule has 236 valence electrons. The number of benzene rings is 3. The Morgan fingerprint density at radius 1 is 0.909 bits per heavy atom. The van der Waals surface area contributed by atoms with Crippen LogP contribution in [0, 0.1) is 20.8 Å². The molecule has 0 heterocycles. The molecule has 0 bridgehead atoms. The van der Waals surface area contributed by atoms with Gasteiger partial charge in [-0.15, -0.1) is 0 Å². The van der Waals surface area contributed by atoms with Crippen molar-refractivity contribution >= 4 is 27.5 Å². The van der Waals surface area contributed by atoms with Gasteiger partial charge in [-0.05, 0) is 81.5 Å². The van der Waals surface area contributed by atoms with Crippen molar-refractivity contribution in [3.63, 3.8) is 0 Å². The van der Waals surface area contributed by atoms with Crippen LogP contribution in [0.15, 0.2) is 71.6 Å². The van der Waals surface area contributed by atoms with Crippen LogP contribution < -0.4 is 14.4 Å². The highest BCUT2D eigenvalue weighted by Crippen LogP contribution is 2.29. The van der Waals surface area contributed by atoms with Gasteiger partial charge in [-0.3, -0.25) is 13.9 Å². The lowest BCUT2D eigenvalue weighted by Gasteiger charge is -2.34. The molecule has 1 aliphatic rings. The number of nitrogens with zero attached hydrogens (tertiary/aromatic N) is 2. The molecule has 4 rings (SSSR count). The molecule has 1 N–H and O–H groups in total. The number of anilines is 1. The summed E-state index contributed by atoms with van der Waals surface area (Å²) in [6.45, 7) is 7.24. The van der Waals surface area contributed by atoms with E-state index in [2.05, 4.69) is 5.32 Å². The van der Waals surface area contributed by atoms with Crippen molar-refractivity contribution in [1.29, 1.82) is 0 Å². The molecule has 0 spiro atoms. The van der Waals surface area contributed by atoms with Gasteiger partial charge in [0.2, 0.25) is 11.8 Å². The largest absolute Gasteiger partial charge is 0.497 e. The topological polar surface area (TPSA) is 96.0 Å². The van der Waals surface area contributed by atoms with E-state index in [1.165, 1.54) is 9.21 Å². The first-order valence-electron chi connectivity index (χ1n) is 15.4. The highest BCUT2D eigenvalue weighted by molar-refractivity contribution is 7.92. The van der Waals surface area contributed by atoms with Crippen LogP contribution in [0.4, 0.5) is 5.69 Å². The summed E-state index contributed by atoms with van der Waals surface area (Å²) in [7, 11) is -2.54. The normalized spacial score (nSPS) is 14.5. The summed E-state index contributed by atoms with van der Waals surface area (Å²) in [5.74, 6) is 0.0155. The van der Waals surface area contributed by atoms with Gasteiger partial charge in [-0.2, -0.15) is 0 Å². The van der Waals surface area contributed by atoms with Gasteiger partial charge >= 0.3 is 0 Å². The van der Waals surface area contributed by atoms with E-state index in [0.29, 0.717) is 17.9 Å². The molecule has 0 saturated heterocycles. The molecule has 3 aromatic rings. The summed E-state index contributed by atoms with van der Waals surface area (Å²) < 4.78 is 34.8. The van der Waals surface area contributed by atoms with E-state index in [-0.39, 0.29) is 23.4 Å². The van der Waals surface area contributed by atoms with Crippen LogP contribution in [0.3, 0.4) is 0 Å². The lowest BCUT2D eigenvalue weighted by atomic mass is 9.95. The number of hydrogen-bond donors (Lipinski definition) is 1. The van der Waals surface area contributed by atoms with Crippen LogP contribution in [0.2, 0.25) is 0 Å². The minimum Gasteiger partial charge on any atom is -0.497 e. The third-order valence-corrected chi connectivity index (χ3v) is 10.1. The van der Waals surface area contributed by atoms with Crippen molar-refractivity contribution in [1.82, 2.24) is 10.2 Å². The predicted octanol–water partition coefficient (Wildman–Crippen LogP) is 6.07. The van der Waals surface area contributed by atoms with Crippen LogP contribution in [-0.2, 0) is 26.2 Å². The van der Waals surface area contributed by atoms with Gasteiger partial charge in [0.05, 0.1) is 17.7 Å². The Morgan fingerprint density at radius 3 is 2.14 bits per heavy atom. The summed E-state index contributed by atoms with van der Waals surface area (Å²) in [6, 6.07) is 18.7. The molecule has 1 saturated carbocycles. The maximum absolute atomic E-state index is 14.4. The highest BCUT2D eigenvalue weighted by atomic mass is 32.2. The molecule has 3 aromatic carbocycles. The molecule has 0 unspecified atom stereocenters. The second-order valence-corrected chi connectivity index (χ2v) is 13.6. The van der Waals surface area contributed by atoms with Crippen molar-refractivity contribution in [2.75, 3.05) is 18.0 Å². The first-order chi connectivity index (χ1) is 21.0. The summed E-state index contributed by atoms with van der Waals surface area (Å²) in [5, 5.41) is 3.19. The van der Waals surface area contributed by atoms with E-state index >= 15 is 0 Å². The number of aryl methyl sites for hydroxylation is 3. The summed E-state index contributed by atoms with van der Waals surface area (Å²) >= 11 is 0. The minimum absolute atomic E-state index is 0.0804. The van der Waals surface area contributed by atoms with Gasteiger partial charge in [-0.25, -0.2) is 8.42 Å². The summed E-state index contributed by atoms with van der Waals surface area (Å²) in [4.78, 5) is 29.7. The number of nitrogens with one attached hydrogen (secondary N) is 1. The average Bonchev–Trinajstić information content (AvgIpc) is 3.01. The van der Waals surface area contributed by atoms with E-state index in [0.717, 1.165) is 54.4 Å². The zero-order valence-corrected chi connectivity index (χ0v) is 27.3. The van der Waals surface area contributed by atoms with Gasteiger partial charge in [0.25, 0.3) is 10.0 Å². The van der Waals surface area contributed by atoms with Gasteiger partial charge in [0.1, 0.15) is 18.3 Å². The molecule has 0 radical (unpaired) electrons. The van der Waals surface area contributed by atoms with Crippen LogP contribution in [0.25, 0.3) is 0 Å². The first-order valence-corrected chi connectivity index (χ1v) is 16.9. The highest BCUT2D eigenvalue weighted by Gasteiger charge is 2.35. The molecule has 0 aromatic heterocycles. The zero-order chi connectivity index (χ0) is 31.9. The van der Waals surface area contributed by atoms with Crippen LogP contribution in [0.5, 0.6) is 5.75 Å². The van der Waals surface area contributed by atoms with Gasteiger partial charge in [0, 0.05) is 12.6 Å². The second-order valence-electron chi connectivity index (χ2n) is 11.8. The SMILES string of the molecule is CC[C@@H](C(=O)NC1CCCCC1)N(Cc1ccc(OC)cc1)C(=O)CN(c1ccc(C)cc1C)S(=O)(=O)c1ccc(C)cc1. The maximum Gasteiger partial charge on any atom is 0.264 e. The number of ether oxygens (including phenoxy) is 1. The predicted molar refractivity (Wildman–Crippen MR) is 174 cm³/mol. The molecule has 9 heteroatoms. The van der Waals surface area contributed by atoms with Gasteiger partial charge in [-0.1, -0.05) is 73.7 Å². The van der Waals surface area contributed by atoms with Gasteiger partial charge in [0.15, 0.2) is 0 Å². The number of methoxy groups -OCH3 is 1. The fourth-order valence-electron chi connectivity index (χ4n) is 5.83. The molecule has 44 heavy (non-hydrogen) atoms.